The van der Waals surface area contributed by atoms with Crippen LogP contribution in [0.1, 0.15) is 34.1 Å². The van der Waals surface area contributed by atoms with Gasteiger partial charge in [0.05, 0.1) is 17.0 Å². The fourth-order valence-corrected chi connectivity index (χ4v) is 0.902. The molecule has 0 heterocycles. The lowest BCUT2D eigenvalue weighted by atomic mass is 10.0. The normalized spacial score (nSPS) is 15.0. The molecule has 0 aliphatic heterocycles. The summed E-state index contributed by atoms with van der Waals surface area (Å²) in [7, 11) is 0. The predicted molar refractivity (Wildman–Crippen MR) is 47.9 cm³/mol. The van der Waals surface area contributed by atoms with Crippen LogP contribution in [0.2, 0.25) is 0 Å². The van der Waals surface area contributed by atoms with Crippen LogP contribution < -0.4 is 0 Å². The van der Waals surface area contributed by atoms with E-state index in [-0.39, 0.29) is 12.2 Å². The molecule has 0 saturated heterocycles. The minimum Gasteiger partial charge on any atom is -0.512 e. The highest BCUT2D eigenvalue weighted by atomic mass is 16.3. The first-order valence-corrected chi connectivity index (χ1v) is 3.96. The molecule has 0 amide bonds. The molecule has 0 aliphatic carbocycles. The maximum atomic E-state index is 9.30. The molecular formula is C9H18O3. The largest absolute Gasteiger partial charge is 0.512 e. The van der Waals surface area contributed by atoms with E-state index in [4.69, 9.17) is 0 Å². The molecule has 0 aromatic carbocycles. The summed E-state index contributed by atoms with van der Waals surface area (Å²) in [6.45, 7) is 6.32. The number of aliphatic hydroxyl groups is 3. The van der Waals surface area contributed by atoms with Crippen LogP contribution in [0, 0.1) is 0 Å². The number of hydrogen-bond donors (Lipinski definition) is 3. The first-order chi connectivity index (χ1) is 5.10. The van der Waals surface area contributed by atoms with Crippen LogP contribution in [0.15, 0.2) is 11.8 Å². The number of rotatable bonds is 3. The lowest BCUT2D eigenvalue weighted by Crippen LogP contribution is -2.21. The third-order valence-corrected chi connectivity index (χ3v) is 1.13. The third kappa shape index (κ3) is 7.57. The number of hydrogen-bond acceptors (Lipinski definition) is 3. The van der Waals surface area contributed by atoms with E-state index in [1.54, 1.807) is 27.7 Å². The zero-order valence-electron chi connectivity index (χ0n) is 8.13. The van der Waals surface area contributed by atoms with Crippen molar-refractivity contribution >= 4 is 0 Å². The quantitative estimate of drug-likeness (QED) is 0.566. The van der Waals surface area contributed by atoms with Gasteiger partial charge in [-0.25, -0.2) is 0 Å². The van der Waals surface area contributed by atoms with Crippen LogP contribution in [0.5, 0.6) is 0 Å². The highest BCUT2D eigenvalue weighted by Crippen LogP contribution is 2.16. The van der Waals surface area contributed by atoms with E-state index in [2.05, 4.69) is 0 Å². The Bertz CT molecular complexity index is 169. The van der Waals surface area contributed by atoms with Crippen molar-refractivity contribution in [3.8, 4) is 0 Å². The van der Waals surface area contributed by atoms with Crippen molar-refractivity contribution in [3.63, 3.8) is 0 Å². The van der Waals surface area contributed by atoms with E-state index in [1.165, 1.54) is 6.08 Å². The van der Waals surface area contributed by atoms with E-state index < -0.39 is 11.2 Å². The van der Waals surface area contributed by atoms with Crippen LogP contribution in [-0.4, -0.2) is 26.5 Å². The van der Waals surface area contributed by atoms with Gasteiger partial charge in [-0.1, -0.05) is 0 Å². The molecule has 0 rings (SSSR count). The van der Waals surface area contributed by atoms with Crippen LogP contribution >= 0.6 is 0 Å². The van der Waals surface area contributed by atoms with Gasteiger partial charge in [-0.15, -0.1) is 0 Å². The smallest absolute Gasteiger partial charge is 0.0939 e. The summed E-state index contributed by atoms with van der Waals surface area (Å²) in [5.41, 5.74) is -1.97. The SMILES string of the molecule is CC(C)(O)C=C(O)CC(C)(C)O. The Kier molecular flexibility index (Phi) is 3.30. The fourth-order valence-electron chi connectivity index (χ4n) is 0.902. The molecule has 0 radical (unpaired) electrons. The molecule has 3 heteroatoms. The fraction of sp³-hybridized carbons (Fsp3) is 0.778. The van der Waals surface area contributed by atoms with Crippen LogP contribution in [0.3, 0.4) is 0 Å². The highest BCUT2D eigenvalue weighted by Gasteiger charge is 2.17. The molecule has 0 bridgehead atoms. The molecule has 0 atom stereocenters. The first-order valence-electron chi connectivity index (χ1n) is 3.96. The first kappa shape index (κ1) is 11.5. The molecule has 3 nitrogen and oxygen atoms in total. The molecule has 0 spiro atoms. The van der Waals surface area contributed by atoms with Gasteiger partial charge in [0.15, 0.2) is 0 Å². The molecule has 0 unspecified atom stereocenters. The monoisotopic (exact) mass is 174 g/mol. The van der Waals surface area contributed by atoms with Gasteiger partial charge in [0, 0.05) is 6.42 Å². The summed E-state index contributed by atoms with van der Waals surface area (Å²) in [4.78, 5) is 0. The summed E-state index contributed by atoms with van der Waals surface area (Å²) in [6.07, 6.45) is 1.47. The molecule has 0 saturated carbocycles. The minimum absolute atomic E-state index is 0.00926. The van der Waals surface area contributed by atoms with Gasteiger partial charge in [0.1, 0.15) is 0 Å². The second kappa shape index (κ2) is 3.46. The lowest BCUT2D eigenvalue weighted by Gasteiger charge is -2.18. The third-order valence-electron chi connectivity index (χ3n) is 1.13. The second-order valence-corrected chi connectivity index (χ2v) is 4.28. The Labute approximate surface area is 73.4 Å². The number of aliphatic hydroxyl groups excluding tert-OH is 1. The highest BCUT2D eigenvalue weighted by molar-refractivity contribution is 5.03. The maximum Gasteiger partial charge on any atom is 0.0939 e. The van der Waals surface area contributed by atoms with Gasteiger partial charge >= 0.3 is 0 Å². The van der Waals surface area contributed by atoms with Gasteiger partial charge < -0.3 is 15.3 Å². The van der Waals surface area contributed by atoms with E-state index in [0.29, 0.717) is 0 Å². The van der Waals surface area contributed by atoms with Crippen LogP contribution in [0.4, 0.5) is 0 Å². The van der Waals surface area contributed by atoms with Crippen molar-refractivity contribution in [2.24, 2.45) is 0 Å². The lowest BCUT2D eigenvalue weighted by molar-refractivity contribution is 0.0662. The van der Waals surface area contributed by atoms with E-state index in [1.807, 2.05) is 0 Å². The predicted octanol–water partition coefficient (Wildman–Crippen LogP) is 1.36. The summed E-state index contributed by atoms with van der Waals surface area (Å²) < 4.78 is 0. The van der Waals surface area contributed by atoms with Crippen LogP contribution in [0.25, 0.3) is 0 Å². The van der Waals surface area contributed by atoms with Crippen molar-refractivity contribution in [1.82, 2.24) is 0 Å². The molecular weight excluding hydrogens is 156 g/mol. The Hall–Kier alpha value is -0.540. The van der Waals surface area contributed by atoms with E-state index >= 15 is 0 Å². The molecule has 12 heavy (non-hydrogen) atoms. The second-order valence-electron chi connectivity index (χ2n) is 4.28. The van der Waals surface area contributed by atoms with Crippen molar-refractivity contribution in [1.29, 1.82) is 0 Å². The molecule has 0 fully saturated rings. The molecule has 0 aromatic heterocycles. The Morgan fingerprint density at radius 3 is 1.83 bits per heavy atom. The van der Waals surface area contributed by atoms with Gasteiger partial charge in [0.2, 0.25) is 0 Å². The average Bonchev–Trinajstić information content (AvgIpc) is 1.49. The van der Waals surface area contributed by atoms with Gasteiger partial charge in [-0.3, -0.25) is 0 Å². The van der Waals surface area contributed by atoms with Crippen molar-refractivity contribution in [2.45, 2.75) is 45.3 Å². The molecule has 72 valence electrons. The Morgan fingerprint density at radius 2 is 1.58 bits per heavy atom. The van der Waals surface area contributed by atoms with E-state index in [9.17, 15) is 15.3 Å². The maximum absolute atomic E-state index is 9.30. The molecule has 0 aromatic rings. The van der Waals surface area contributed by atoms with Crippen molar-refractivity contribution in [2.75, 3.05) is 0 Å². The van der Waals surface area contributed by atoms with Crippen molar-refractivity contribution in [3.05, 3.63) is 11.8 Å². The summed E-state index contributed by atoms with van der Waals surface area (Å²) in [6, 6.07) is 0. The average molecular weight is 174 g/mol. The molecule has 0 aliphatic rings. The minimum atomic E-state index is -1.03. The van der Waals surface area contributed by atoms with Gasteiger partial charge in [-0.05, 0) is 33.8 Å². The van der Waals surface area contributed by atoms with Crippen molar-refractivity contribution < 1.29 is 15.3 Å². The molecule has 3 N–H and O–H groups in total. The zero-order valence-corrected chi connectivity index (χ0v) is 8.13. The Balaban J connectivity index is 4.23. The topological polar surface area (TPSA) is 60.7 Å². The standard InChI is InChI=1S/C9H18O3/c1-8(2,11)5-7(10)6-9(3,4)12/h5,10-12H,6H2,1-4H3. The summed E-state index contributed by atoms with van der Waals surface area (Å²) in [5, 5.41) is 27.8. The summed E-state index contributed by atoms with van der Waals surface area (Å²) in [5.74, 6) is 0.00926. The summed E-state index contributed by atoms with van der Waals surface area (Å²) >= 11 is 0. The zero-order chi connectivity index (χ0) is 9.99. The Morgan fingerprint density at radius 1 is 1.17 bits per heavy atom. The van der Waals surface area contributed by atoms with Gasteiger partial charge in [-0.2, -0.15) is 0 Å². The van der Waals surface area contributed by atoms with E-state index in [0.717, 1.165) is 0 Å². The van der Waals surface area contributed by atoms with Gasteiger partial charge in [0.25, 0.3) is 0 Å². The van der Waals surface area contributed by atoms with Crippen LogP contribution in [-0.2, 0) is 0 Å².